The molecule has 0 saturated carbocycles. The van der Waals surface area contributed by atoms with E-state index in [9.17, 15) is 0 Å². The average Bonchev–Trinajstić information content (AvgIpc) is 2.58. The molecule has 0 atom stereocenters. The third kappa shape index (κ3) is 1.18. The Morgan fingerprint density at radius 2 is 2.00 bits per heavy atom. The van der Waals surface area contributed by atoms with Crippen LogP contribution in [0.3, 0.4) is 0 Å². The van der Waals surface area contributed by atoms with E-state index in [1.165, 1.54) is 10.4 Å². The first kappa shape index (κ1) is 7.62. The molecular formula is C10H10OS. The summed E-state index contributed by atoms with van der Waals surface area (Å²) in [6.07, 6.45) is 0. The SMILES string of the molecule is Cc1ccc(-c2sccc2C)o1. The lowest BCUT2D eigenvalue weighted by molar-refractivity contribution is 0.549. The van der Waals surface area contributed by atoms with Crippen LogP contribution in [-0.2, 0) is 0 Å². The zero-order valence-corrected chi connectivity index (χ0v) is 7.94. The van der Waals surface area contributed by atoms with Crippen molar-refractivity contribution < 1.29 is 4.42 Å². The van der Waals surface area contributed by atoms with Crippen molar-refractivity contribution in [3.05, 3.63) is 34.9 Å². The average molecular weight is 178 g/mol. The fraction of sp³-hybridized carbons (Fsp3) is 0.200. The van der Waals surface area contributed by atoms with Gasteiger partial charge in [0.2, 0.25) is 0 Å². The molecular weight excluding hydrogens is 168 g/mol. The van der Waals surface area contributed by atoms with Gasteiger partial charge in [-0.2, -0.15) is 0 Å². The molecule has 0 saturated heterocycles. The van der Waals surface area contributed by atoms with Gasteiger partial charge in [-0.05, 0) is 43.0 Å². The summed E-state index contributed by atoms with van der Waals surface area (Å²) in [7, 11) is 0. The maximum Gasteiger partial charge on any atom is 0.144 e. The highest BCUT2D eigenvalue weighted by Crippen LogP contribution is 2.29. The zero-order chi connectivity index (χ0) is 8.55. The first-order valence-electron chi connectivity index (χ1n) is 3.88. The fourth-order valence-electron chi connectivity index (χ4n) is 1.18. The van der Waals surface area contributed by atoms with Crippen LogP contribution in [-0.4, -0.2) is 0 Å². The maximum atomic E-state index is 5.52. The van der Waals surface area contributed by atoms with Crippen molar-refractivity contribution in [3.63, 3.8) is 0 Å². The topological polar surface area (TPSA) is 13.1 Å². The normalized spacial score (nSPS) is 10.5. The van der Waals surface area contributed by atoms with E-state index in [1.807, 2.05) is 19.1 Å². The molecule has 2 heteroatoms. The lowest BCUT2D eigenvalue weighted by Crippen LogP contribution is -1.68. The molecule has 2 heterocycles. The highest BCUT2D eigenvalue weighted by molar-refractivity contribution is 7.13. The second-order valence-electron chi connectivity index (χ2n) is 2.84. The monoisotopic (exact) mass is 178 g/mol. The van der Waals surface area contributed by atoms with Gasteiger partial charge in [-0.15, -0.1) is 11.3 Å². The van der Waals surface area contributed by atoms with Crippen molar-refractivity contribution in [2.75, 3.05) is 0 Å². The van der Waals surface area contributed by atoms with Crippen LogP contribution >= 0.6 is 11.3 Å². The minimum atomic E-state index is 0.970. The third-order valence-electron chi connectivity index (χ3n) is 1.83. The number of thiophene rings is 1. The number of aryl methyl sites for hydroxylation is 2. The molecule has 2 aromatic heterocycles. The Hall–Kier alpha value is -1.02. The van der Waals surface area contributed by atoms with E-state index in [0.29, 0.717) is 0 Å². The quantitative estimate of drug-likeness (QED) is 0.650. The van der Waals surface area contributed by atoms with E-state index < -0.39 is 0 Å². The zero-order valence-electron chi connectivity index (χ0n) is 7.13. The summed E-state index contributed by atoms with van der Waals surface area (Å²) < 4.78 is 5.52. The first-order chi connectivity index (χ1) is 5.77. The molecule has 0 spiro atoms. The van der Waals surface area contributed by atoms with E-state index >= 15 is 0 Å². The Bertz CT molecular complexity index is 384. The van der Waals surface area contributed by atoms with Gasteiger partial charge < -0.3 is 4.42 Å². The van der Waals surface area contributed by atoms with Crippen molar-refractivity contribution in [1.82, 2.24) is 0 Å². The molecule has 0 unspecified atom stereocenters. The molecule has 0 aliphatic heterocycles. The number of rotatable bonds is 1. The molecule has 2 rings (SSSR count). The first-order valence-corrected chi connectivity index (χ1v) is 4.76. The van der Waals surface area contributed by atoms with Crippen LogP contribution in [0.2, 0.25) is 0 Å². The summed E-state index contributed by atoms with van der Waals surface area (Å²) in [6.45, 7) is 4.07. The van der Waals surface area contributed by atoms with E-state index in [0.717, 1.165) is 11.5 Å². The highest BCUT2D eigenvalue weighted by atomic mass is 32.1. The van der Waals surface area contributed by atoms with Gasteiger partial charge in [0.15, 0.2) is 0 Å². The lowest BCUT2D eigenvalue weighted by atomic mass is 10.2. The summed E-state index contributed by atoms with van der Waals surface area (Å²) in [5.74, 6) is 1.96. The molecule has 12 heavy (non-hydrogen) atoms. The lowest BCUT2D eigenvalue weighted by Gasteiger charge is -1.92. The second-order valence-corrected chi connectivity index (χ2v) is 3.76. The molecule has 0 bridgehead atoms. The van der Waals surface area contributed by atoms with Gasteiger partial charge in [0, 0.05) is 0 Å². The molecule has 1 nitrogen and oxygen atoms in total. The smallest absolute Gasteiger partial charge is 0.144 e. The van der Waals surface area contributed by atoms with Gasteiger partial charge in [0.1, 0.15) is 11.5 Å². The van der Waals surface area contributed by atoms with Gasteiger partial charge in [-0.1, -0.05) is 0 Å². The minimum Gasteiger partial charge on any atom is -0.461 e. The maximum absolute atomic E-state index is 5.52. The van der Waals surface area contributed by atoms with Crippen LogP contribution in [0.5, 0.6) is 0 Å². The Morgan fingerprint density at radius 1 is 1.17 bits per heavy atom. The van der Waals surface area contributed by atoms with Gasteiger partial charge >= 0.3 is 0 Å². The Kier molecular flexibility index (Phi) is 1.77. The molecule has 0 N–H and O–H groups in total. The van der Waals surface area contributed by atoms with Crippen LogP contribution in [0, 0.1) is 13.8 Å². The summed E-state index contributed by atoms with van der Waals surface area (Å²) >= 11 is 1.72. The molecule has 62 valence electrons. The number of hydrogen-bond acceptors (Lipinski definition) is 2. The molecule has 0 fully saturated rings. The summed E-state index contributed by atoms with van der Waals surface area (Å²) in [6, 6.07) is 6.13. The molecule has 0 radical (unpaired) electrons. The Balaban J connectivity index is 2.50. The van der Waals surface area contributed by atoms with Crippen molar-refractivity contribution >= 4 is 11.3 Å². The van der Waals surface area contributed by atoms with E-state index in [1.54, 1.807) is 11.3 Å². The van der Waals surface area contributed by atoms with Gasteiger partial charge in [-0.3, -0.25) is 0 Å². The Morgan fingerprint density at radius 3 is 2.50 bits per heavy atom. The highest BCUT2D eigenvalue weighted by Gasteiger charge is 2.06. The van der Waals surface area contributed by atoms with E-state index in [-0.39, 0.29) is 0 Å². The van der Waals surface area contributed by atoms with Crippen LogP contribution in [0.4, 0.5) is 0 Å². The largest absolute Gasteiger partial charge is 0.461 e. The second kappa shape index (κ2) is 2.79. The number of furan rings is 1. The van der Waals surface area contributed by atoms with E-state index in [4.69, 9.17) is 4.42 Å². The minimum absolute atomic E-state index is 0.970. The summed E-state index contributed by atoms with van der Waals surface area (Å²) in [5, 5.41) is 2.09. The molecule has 0 aliphatic rings. The Labute approximate surface area is 75.7 Å². The third-order valence-corrected chi connectivity index (χ3v) is 2.86. The molecule has 0 aliphatic carbocycles. The summed E-state index contributed by atoms with van der Waals surface area (Å²) in [5.41, 5.74) is 1.29. The predicted octanol–water partition coefficient (Wildman–Crippen LogP) is 3.62. The van der Waals surface area contributed by atoms with Crippen LogP contribution < -0.4 is 0 Å². The standard InChI is InChI=1S/C10H10OS/c1-7-5-6-12-10(7)9-4-3-8(2)11-9/h3-6H,1-2H3. The number of hydrogen-bond donors (Lipinski definition) is 0. The molecule has 0 aromatic carbocycles. The van der Waals surface area contributed by atoms with Crippen molar-refractivity contribution in [2.24, 2.45) is 0 Å². The van der Waals surface area contributed by atoms with Crippen LogP contribution in [0.1, 0.15) is 11.3 Å². The van der Waals surface area contributed by atoms with Crippen LogP contribution in [0.15, 0.2) is 28.0 Å². The van der Waals surface area contributed by atoms with Crippen LogP contribution in [0.25, 0.3) is 10.6 Å². The van der Waals surface area contributed by atoms with E-state index in [2.05, 4.69) is 18.4 Å². The molecule has 0 amide bonds. The summed E-state index contributed by atoms with van der Waals surface area (Å²) in [4.78, 5) is 1.24. The van der Waals surface area contributed by atoms with Gasteiger partial charge in [0.05, 0.1) is 4.88 Å². The van der Waals surface area contributed by atoms with Gasteiger partial charge in [-0.25, -0.2) is 0 Å². The fourth-order valence-corrected chi connectivity index (χ4v) is 2.07. The molecule has 2 aromatic rings. The van der Waals surface area contributed by atoms with Gasteiger partial charge in [0.25, 0.3) is 0 Å². The van der Waals surface area contributed by atoms with Crippen molar-refractivity contribution in [1.29, 1.82) is 0 Å². The van der Waals surface area contributed by atoms with Crippen molar-refractivity contribution in [3.8, 4) is 10.6 Å². The predicted molar refractivity (Wildman–Crippen MR) is 51.5 cm³/mol. The van der Waals surface area contributed by atoms with Crippen molar-refractivity contribution in [2.45, 2.75) is 13.8 Å².